The Balaban J connectivity index is 2.01. The Morgan fingerprint density at radius 3 is 2.62 bits per heavy atom. The summed E-state index contributed by atoms with van der Waals surface area (Å²) in [4.78, 5) is 28.0. The van der Waals surface area contributed by atoms with E-state index in [9.17, 15) is 27.2 Å². The lowest BCUT2D eigenvalue weighted by atomic mass is 9.86. The number of halogens is 5. The number of nitrogens with two attached hydrogens (primary N) is 1. The maximum absolute atomic E-state index is 13.9. The molecule has 0 unspecified atom stereocenters. The normalized spacial score (nSPS) is 23.1. The molecule has 32 heavy (non-hydrogen) atoms. The third-order valence-electron chi connectivity index (χ3n) is 5.18. The summed E-state index contributed by atoms with van der Waals surface area (Å²) >= 11 is 5.93. The summed E-state index contributed by atoms with van der Waals surface area (Å²) in [7, 11) is 1.18. The Bertz CT molecular complexity index is 1070. The predicted octanol–water partition coefficient (Wildman–Crippen LogP) is 3.81. The summed E-state index contributed by atoms with van der Waals surface area (Å²) in [5, 5.41) is 1.98. The number of alkyl halides is 3. The average molecular weight is 476 g/mol. The molecule has 3 atom stereocenters. The van der Waals surface area contributed by atoms with Crippen LogP contribution in [0.15, 0.2) is 30.5 Å². The van der Waals surface area contributed by atoms with E-state index < -0.39 is 52.9 Å². The van der Waals surface area contributed by atoms with E-state index in [1.54, 1.807) is 0 Å². The number of hydrogen-bond donors (Lipinski definition) is 2. The Morgan fingerprint density at radius 1 is 1.34 bits per heavy atom. The molecule has 1 fully saturated rings. The number of benzene rings is 1. The number of pyridine rings is 1. The van der Waals surface area contributed by atoms with Crippen molar-refractivity contribution in [3.63, 3.8) is 0 Å². The number of anilines is 1. The van der Waals surface area contributed by atoms with Crippen LogP contribution < -0.4 is 15.8 Å². The first-order valence-corrected chi connectivity index (χ1v) is 9.59. The minimum atomic E-state index is -4.80. The number of amides is 2. The number of carbonyl (C=O) groups excluding carboxylic acids is 2. The van der Waals surface area contributed by atoms with Gasteiger partial charge in [-0.15, -0.1) is 0 Å². The molecule has 1 saturated heterocycles. The number of rotatable bonds is 5. The molecule has 12 heteroatoms. The van der Waals surface area contributed by atoms with Gasteiger partial charge < -0.3 is 20.5 Å². The zero-order valence-electron chi connectivity index (χ0n) is 16.8. The largest absolute Gasteiger partial charge is 0.495 e. The average Bonchev–Trinajstić information content (AvgIpc) is 3.09. The van der Waals surface area contributed by atoms with Crippen LogP contribution in [0, 0.1) is 5.82 Å². The van der Waals surface area contributed by atoms with Gasteiger partial charge >= 0.3 is 6.18 Å². The van der Waals surface area contributed by atoms with E-state index in [-0.39, 0.29) is 22.7 Å². The molecule has 7 nitrogen and oxygen atoms in total. The molecule has 1 aromatic heterocycles. The summed E-state index contributed by atoms with van der Waals surface area (Å²) in [6.07, 6.45) is -5.88. The summed E-state index contributed by atoms with van der Waals surface area (Å²) in [6, 6.07) is 4.67. The zero-order valence-corrected chi connectivity index (χ0v) is 17.6. The van der Waals surface area contributed by atoms with Crippen LogP contribution in [0.1, 0.15) is 35.3 Å². The molecule has 0 radical (unpaired) electrons. The fourth-order valence-electron chi connectivity index (χ4n) is 3.53. The highest BCUT2D eigenvalue weighted by atomic mass is 35.5. The lowest BCUT2D eigenvalue weighted by Crippen LogP contribution is -2.43. The van der Waals surface area contributed by atoms with Gasteiger partial charge in [-0.1, -0.05) is 17.7 Å². The van der Waals surface area contributed by atoms with Gasteiger partial charge in [-0.25, -0.2) is 4.39 Å². The van der Waals surface area contributed by atoms with Crippen molar-refractivity contribution >= 4 is 29.1 Å². The van der Waals surface area contributed by atoms with Gasteiger partial charge in [-0.05, 0) is 31.5 Å². The molecule has 3 rings (SSSR count). The molecule has 2 amide bonds. The molecule has 3 N–H and O–H groups in total. The third kappa shape index (κ3) is 4.35. The van der Waals surface area contributed by atoms with Gasteiger partial charge in [-0.2, -0.15) is 13.2 Å². The van der Waals surface area contributed by atoms with E-state index in [2.05, 4.69) is 10.3 Å². The van der Waals surface area contributed by atoms with Crippen molar-refractivity contribution in [2.75, 3.05) is 12.4 Å². The molecule has 172 valence electrons. The van der Waals surface area contributed by atoms with E-state index in [0.29, 0.717) is 0 Å². The maximum Gasteiger partial charge on any atom is 0.417 e. The first-order chi connectivity index (χ1) is 14.9. The van der Waals surface area contributed by atoms with Gasteiger partial charge in [0.1, 0.15) is 28.4 Å². The highest BCUT2D eigenvalue weighted by molar-refractivity contribution is 6.32. The van der Waals surface area contributed by atoms with Gasteiger partial charge in [-0.3, -0.25) is 14.6 Å². The van der Waals surface area contributed by atoms with Crippen LogP contribution in [0.25, 0.3) is 0 Å². The van der Waals surface area contributed by atoms with Gasteiger partial charge in [0.05, 0.1) is 7.11 Å². The van der Waals surface area contributed by atoms with E-state index >= 15 is 0 Å². The van der Waals surface area contributed by atoms with Crippen molar-refractivity contribution in [3.8, 4) is 5.75 Å². The molecule has 2 heterocycles. The van der Waals surface area contributed by atoms with E-state index in [1.165, 1.54) is 31.5 Å². The minimum absolute atomic E-state index is 0.0749. The van der Waals surface area contributed by atoms with Gasteiger partial charge in [0, 0.05) is 23.4 Å². The van der Waals surface area contributed by atoms with Gasteiger partial charge in [0.15, 0.2) is 5.60 Å². The van der Waals surface area contributed by atoms with Gasteiger partial charge in [0.2, 0.25) is 0 Å². The highest BCUT2D eigenvalue weighted by Gasteiger charge is 2.61. The minimum Gasteiger partial charge on any atom is -0.495 e. The van der Waals surface area contributed by atoms with E-state index in [1.807, 2.05) is 0 Å². The van der Waals surface area contributed by atoms with Crippen molar-refractivity contribution < 1.29 is 36.6 Å². The summed E-state index contributed by atoms with van der Waals surface area (Å²) in [5.74, 6) is -3.98. The maximum atomic E-state index is 13.9. The SMILES string of the molecule is COc1c([C@@H]2C[C@](C)(C(F)(F)F)O[C@H]2C(=O)Nc2ccnc(C(N)=O)c2)ccc(F)c1Cl. The quantitative estimate of drug-likeness (QED) is 0.640. The predicted molar refractivity (Wildman–Crippen MR) is 106 cm³/mol. The number of aromatic nitrogens is 1. The van der Waals surface area contributed by atoms with Crippen molar-refractivity contribution in [3.05, 3.63) is 52.6 Å². The second-order valence-corrected chi connectivity index (χ2v) is 7.72. The second kappa shape index (κ2) is 8.55. The van der Waals surface area contributed by atoms with Crippen LogP contribution in [0.3, 0.4) is 0 Å². The van der Waals surface area contributed by atoms with E-state index in [4.69, 9.17) is 26.8 Å². The Morgan fingerprint density at radius 2 is 2.03 bits per heavy atom. The molecule has 0 spiro atoms. The number of carbonyl (C=O) groups is 2. The lowest BCUT2D eigenvalue weighted by molar-refractivity contribution is -0.261. The number of ether oxygens (including phenoxy) is 2. The molecular weight excluding hydrogens is 458 g/mol. The molecular formula is C20H18ClF4N3O4. The van der Waals surface area contributed by atoms with Gasteiger partial charge in [0.25, 0.3) is 11.8 Å². The number of hydrogen-bond acceptors (Lipinski definition) is 5. The van der Waals surface area contributed by atoms with Crippen molar-refractivity contribution in [2.45, 2.75) is 37.1 Å². The van der Waals surface area contributed by atoms with Crippen LogP contribution >= 0.6 is 11.6 Å². The first-order valence-electron chi connectivity index (χ1n) is 9.21. The Labute approximate surface area is 184 Å². The fraction of sp³-hybridized carbons (Fsp3) is 0.350. The highest BCUT2D eigenvalue weighted by Crippen LogP contribution is 2.52. The lowest BCUT2D eigenvalue weighted by Gasteiger charge is -2.27. The molecule has 0 aliphatic carbocycles. The number of primary amides is 1. The number of nitrogens with one attached hydrogen (secondary N) is 1. The van der Waals surface area contributed by atoms with Crippen LogP contribution in [0.2, 0.25) is 5.02 Å². The number of nitrogens with zero attached hydrogens (tertiary/aromatic N) is 1. The third-order valence-corrected chi connectivity index (χ3v) is 5.54. The fourth-order valence-corrected chi connectivity index (χ4v) is 3.78. The van der Waals surface area contributed by atoms with Crippen molar-refractivity contribution in [2.24, 2.45) is 5.73 Å². The molecule has 0 bridgehead atoms. The Hall–Kier alpha value is -2.92. The topological polar surface area (TPSA) is 104 Å². The molecule has 1 aliphatic heterocycles. The summed E-state index contributed by atoms with van der Waals surface area (Å²) < 4.78 is 65.4. The zero-order chi connectivity index (χ0) is 23.8. The monoisotopic (exact) mass is 475 g/mol. The Kier molecular flexibility index (Phi) is 6.34. The first kappa shape index (κ1) is 23.7. The van der Waals surface area contributed by atoms with Crippen molar-refractivity contribution in [1.29, 1.82) is 0 Å². The molecule has 1 aliphatic rings. The van der Waals surface area contributed by atoms with Crippen LogP contribution in [-0.4, -0.2) is 41.8 Å². The smallest absolute Gasteiger partial charge is 0.417 e. The summed E-state index contributed by atoms with van der Waals surface area (Å²) in [5.41, 5.74) is 2.49. The second-order valence-electron chi connectivity index (χ2n) is 7.34. The molecule has 0 saturated carbocycles. The van der Waals surface area contributed by atoms with Crippen LogP contribution in [-0.2, 0) is 9.53 Å². The van der Waals surface area contributed by atoms with E-state index in [0.717, 1.165) is 13.0 Å². The molecule has 1 aromatic carbocycles. The van der Waals surface area contributed by atoms with Crippen molar-refractivity contribution in [1.82, 2.24) is 4.98 Å². The van der Waals surface area contributed by atoms with Crippen LogP contribution in [0.4, 0.5) is 23.2 Å². The standard InChI is InChI=1S/C20H18ClF4N3O4/c1-19(20(23,24)25)8-11(10-3-4-12(22)14(21)15(10)31-2)16(32-19)18(30)28-9-5-6-27-13(7-9)17(26)29/h3-7,11,16H,8H2,1-2H3,(H2,26,29)(H,27,28,30)/t11-,16+,19+/m0/s1. The molecule has 2 aromatic rings. The number of methoxy groups -OCH3 is 1. The summed E-state index contributed by atoms with van der Waals surface area (Å²) in [6.45, 7) is 0.822. The van der Waals surface area contributed by atoms with Crippen LogP contribution in [0.5, 0.6) is 5.75 Å².